The second-order valence-corrected chi connectivity index (χ2v) is 6.96. The maximum absolute atomic E-state index is 5.67. The number of methoxy groups -OCH3 is 3. The predicted molar refractivity (Wildman–Crippen MR) is 110 cm³/mol. The zero-order valence-corrected chi connectivity index (χ0v) is 17.3. The van der Waals surface area contributed by atoms with Crippen LogP contribution in [0.1, 0.15) is 69.4 Å². The largest absolute Gasteiger partial charge is 0.331 e. The fraction of sp³-hybridized carbons (Fsp3) is 0.652. The van der Waals surface area contributed by atoms with Crippen LogP contribution < -0.4 is 0 Å². The number of aryl methyl sites for hydroxylation is 1. The van der Waals surface area contributed by atoms with E-state index < -0.39 is 5.97 Å². The first-order valence-electron chi connectivity index (χ1n) is 10.0. The van der Waals surface area contributed by atoms with Crippen molar-refractivity contribution < 1.29 is 14.2 Å². The molecule has 0 saturated heterocycles. The van der Waals surface area contributed by atoms with Gasteiger partial charge in [0.05, 0.1) is 0 Å². The van der Waals surface area contributed by atoms with Gasteiger partial charge >= 0.3 is 0 Å². The van der Waals surface area contributed by atoms with Gasteiger partial charge in [0.1, 0.15) is 0 Å². The minimum atomic E-state index is -0.959. The average molecular weight is 363 g/mol. The van der Waals surface area contributed by atoms with Crippen LogP contribution in [0.15, 0.2) is 30.8 Å². The molecule has 1 atom stereocenters. The van der Waals surface area contributed by atoms with Crippen LogP contribution in [0.25, 0.3) is 6.08 Å². The number of rotatable bonds is 15. The highest BCUT2D eigenvalue weighted by molar-refractivity contribution is 5.47. The third kappa shape index (κ3) is 7.22. The standard InChI is InChI=1S/C23H38O3/c1-6-8-9-10-11-12-16-22(23(24-3,25-4)26-5)18-17-21-15-13-14-20(7-2)19-21/h7,13-15,19,22H,2,6,8-12,16-18H2,1,3-5H3. The summed E-state index contributed by atoms with van der Waals surface area (Å²) in [6.07, 6.45) is 12.6. The van der Waals surface area contributed by atoms with E-state index in [0.717, 1.165) is 24.8 Å². The Labute approximate surface area is 160 Å². The summed E-state index contributed by atoms with van der Waals surface area (Å²) in [7, 11) is 5.00. The lowest BCUT2D eigenvalue weighted by molar-refractivity contribution is -0.380. The quantitative estimate of drug-likeness (QED) is 0.274. The fourth-order valence-electron chi connectivity index (χ4n) is 3.64. The lowest BCUT2D eigenvalue weighted by atomic mass is 9.91. The molecule has 0 fully saturated rings. The minimum Gasteiger partial charge on any atom is -0.331 e. The second kappa shape index (κ2) is 13.1. The summed E-state index contributed by atoms with van der Waals surface area (Å²) >= 11 is 0. The summed E-state index contributed by atoms with van der Waals surface area (Å²) < 4.78 is 17.0. The van der Waals surface area contributed by atoms with E-state index in [4.69, 9.17) is 14.2 Å². The van der Waals surface area contributed by atoms with Crippen LogP contribution in [-0.4, -0.2) is 27.3 Å². The average Bonchev–Trinajstić information content (AvgIpc) is 2.69. The SMILES string of the molecule is C=Cc1cccc(CCC(CCCCCCCC)C(OC)(OC)OC)c1. The molecular formula is C23H38O3. The highest BCUT2D eigenvalue weighted by atomic mass is 16.9. The number of hydrogen-bond acceptors (Lipinski definition) is 3. The molecule has 0 aromatic heterocycles. The van der Waals surface area contributed by atoms with Crippen LogP contribution in [0, 0.1) is 5.92 Å². The molecule has 26 heavy (non-hydrogen) atoms. The minimum absolute atomic E-state index is 0.195. The molecule has 3 heteroatoms. The van der Waals surface area contributed by atoms with Gasteiger partial charge in [-0.05, 0) is 30.4 Å². The van der Waals surface area contributed by atoms with E-state index in [2.05, 4.69) is 37.8 Å². The van der Waals surface area contributed by atoms with Crippen molar-refractivity contribution in [2.75, 3.05) is 21.3 Å². The maximum atomic E-state index is 5.67. The Morgan fingerprint density at radius 1 is 0.962 bits per heavy atom. The van der Waals surface area contributed by atoms with Gasteiger partial charge in [0, 0.05) is 27.2 Å². The van der Waals surface area contributed by atoms with E-state index in [9.17, 15) is 0 Å². The Bertz CT molecular complexity index is 486. The van der Waals surface area contributed by atoms with E-state index >= 15 is 0 Å². The number of ether oxygens (including phenoxy) is 3. The molecule has 0 saturated carbocycles. The van der Waals surface area contributed by atoms with Gasteiger partial charge in [-0.1, -0.05) is 82.4 Å². The van der Waals surface area contributed by atoms with Gasteiger partial charge in [-0.3, -0.25) is 0 Å². The second-order valence-electron chi connectivity index (χ2n) is 6.96. The molecule has 0 spiro atoms. The van der Waals surface area contributed by atoms with Gasteiger partial charge in [0.25, 0.3) is 5.97 Å². The fourth-order valence-corrected chi connectivity index (χ4v) is 3.64. The zero-order valence-electron chi connectivity index (χ0n) is 17.3. The van der Waals surface area contributed by atoms with Gasteiger partial charge in [0.2, 0.25) is 0 Å². The van der Waals surface area contributed by atoms with E-state index in [1.54, 1.807) is 21.3 Å². The third-order valence-corrected chi connectivity index (χ3v) is 5.23. The molecule has 0 aliphatic rings. The first kappa shape index (κ1) is 22.9. The van der Waals surface area contributed by atoms with Crippen molar-refractivity contribution >= 4 is 6.08 Å². The molecule has 0 aliphatic heterocycles. The molecule has 0 amide bonds. The van der Waals surface area contributed by atoms with Crippen LogP contribution >= 0.6 is 0 Å². The Kier molecular flexibility index (Phi) is 11.5. The molecule has 1 aromatic rings. The molecule has 0 radical (unpaired) electrons. The summed E-state index contributed by atoms with van der Waals surface area (Å²) in [6.45, 7) is 6.11. The molecule has 0 N–H and O–H groups in total. The molecule has 1 unspecified atom stereocenters. The van der Waals surface area contributed by atoms with Crippen molar-refractivity contribution in [2.45, 2.75) is 70.7 Å². The van der Waals surface area contributed by atoms with Crippen LogP contribution in [0.5, 0.6) is 0 Å². The topological polar surface area (TPSA) is 27.7 Å². The summed E-state index contributed by atoms with van der Waals surface area (Å²) in [5.74, 6) is -0.763. The monoisotopic (exact) mass is 362 g/mol. The normalized spacial score (nSPS) is 12.9. The van der Waals surface area contributed by atoms with E-state index in [1.165, 1.54) is 44.1 Å². The van der Waals surface area contributed by atoms with Crippen LogP contribution in [-0.2, 0) is 20.6 Å². The van der Waals surface area contributed by atoms with Crippen molar-refractivity contribution in [1.82, 2.24) is 0 Å². The highest BCUT2D eigenvalue weighted by Gasteiger charge is 2.39. The number of hydrogen-bond donors (Lipinski definition) is 0. The zero-order chi connectivity index (χ0) is 19.3. The van der Waals surface area contributed by atoms with Gasteiger partial charge < -0.3 is 14.2 Å². The molecule has 1 rings (SSSR count). The van der Waals surface area contributed by atoms with E-state index in [0.29, 0.717) is 0 Å². The summed E-state index contributed by atoms with van der Waals surface area (Å²) in [4.78, 5) is 0. The highest BCUT2D eigenvalue weighted by Crippen LogP contribution is 2.32. The number of unbranched alkanes of at least 4 members (excludes halogenated alkanes) is 5. The van der Waals surface area contributed by atoms with Crippen molar-refractivity contribution in [3.05, 3.63) is 42.0 Å². The smallest absolute Gasteiger partial charge is 0.285 e. The van der Waals surface area contributed by atoms with Crippen molar-refractivity contribution in [3.8, 4) is 0 Å². The summed E-state index contributed by atoms with van der Waals surface area (Å²) in [5.41, 5.74) is 2.47. The van der Waals surface area contributed by atoms with Crippen molar-refractivity contribution in [3.63, 3.8) is 0 Å². The van der Waals surface area contributed by atoms with E-state index in [-0.39, 0.29) is 5.92 Å². The molecule has 0 heterocycles. The van der Waals surface area contributed by atoms with Crippen LogP contribution in [0.3, 0.4) is 0 Å². The molecule has 0 bridgehead atoms. The number of benzene rings is 1. The van der Waals surface area contributed by atoms with Crippen LogP contribution in [0.4, 0.5) is 0 Å². The van der Waals surface area contributed by atoms with E-state index in [1.807, 2.05) is 6.08 Å². The first-order valence-corrected chi connectivity index (χ1v) is 10.0. The van der Waals surface area contributed by atoms with Gasteiger partial charge in [-0.25, -0.2) is 0 Å². The Balaban J connectivity index is 2.68. The lowest BCUT2D eigenvalue weighted by Gasteiger charge is -2.36. The third-order valence-electron chi connectivity index (χ3n) is 5.23. The van der Waals surface area contributed by atoms with Gasteiger partial charge in [-0.15, -0.1) is 0 Å². The molecule has 3 nitrogen and oxygen atoms in total. The van der Waals surface area contributed by atoms with Crippen molar-refractivity contribution in [2.24, 2.45) is 5.92 Å². The maximum Gasteiger partial charge on any atom is 0.285 e. The Morgan fingerprint density at radius 2 is 1.62 bits per heavy atom. The molecule has 148 valence electrons. The summed E-state index contributed by atoms with van der Waals surface area (Å²) in [5, 5.41) is 0. The Hall–Kier alpha value is -1.16. The lowest BCUT2D eigenvalue weighted by Crippen LogP contribution is -2.44. The van der Waals surface area contributed by atoms with Crippen molar-refractivity contribution in [1.29, 1.82) is 0 Å². The Morgan fingerprint density at radius 3 is 2.23 bits per heavy atom. The molecule has 0 aliphatic carbocycles. The molecule has 1 aromatic carbocycles. The molecular weight excluding hydrogens is 324 g/mol. The van der Waals surface area contributed by atoms with Gasteiger partial charge in [0.15, 0.2) is 0 Å². The summed E-state index contributed by atoms with van der Waals surface area (Å²) in [6, 6.07) is 8.53. The first-order chi connectivity index (χ1) is 12.7. The van der Waals surface area contributed by atoms with Crippen LogP contribution in [0.2, 0.25) is 0 Å². The van der Waals surface area contributed by atoms with Gasteiger partial charge in [-0.2, -0.15) is 0 Å². The predicted octanol–water partition coefficient (Wildman–Crippen LogP) is 6.22.